The highest BCUT2D eigenvalue weighted by molar-refractivity contribution is 5.81. The summed E-state index contributed by atoms with van der Waals surface area (Å²) in [7, 11) is 0. The van der Waals surface area contributed by atoms with Crippen LogP contribution in [-0.4, -0.2) is 24.5 Å². The van der Waals surface area contributed by atoms with Gasteiger partial charge >= 0.3 is 5.97 Å². The lowest BCUT2D eigenvalue weighted by Gasteiger charge is -2.12. The zero-order valence-electron chi connectivity index (χ0n) is 10.8. The van der Waals surface area contributed by atoms with Crippen molar-refractivity contribution < 1.29 is 18.7 Å². The summed E-state index contributed by atoms with van der Waals surface area (Å²) >= 11 is 0. The summed E-state index contributed by atoms with van der Waals surface area (Å²) in [6.07, 6.45) is 2.51. The SMILES string of the molecule is CCOC(=O)CCC(=O)N[C@H](C)Cc1ccco1. The molecule has 1 amide bonds. The third kappa shape index (κ3) is 5.52. The molecule has 0 aromatic carbocycles. The van der Waals surface area contributed by atoms with Crippen LogP contribution >= 0.6 is 0 Å². The molecule has 1 atom stereocenters. The van der Waals surface area contributed by atoms with Gasteiger partial charge < -0.3 is 14.5 Å². The summed E-state index contributed by atoms with van der Waals surface area (Å²) < 4.78 is 9.94. The molecule has 100 valence electrons. The van der Waals surface area contributed by atoms with Gasteiger partial charge in [0.15, 0.2) is 0 Å². The standard InChI is InChI=1S/C13H19NO4/c1-3-17-13(16)7-6-12(15)14-10(2)9-11-5-4-8-18-11/h4-5,8,10H,3,6-7,9H2,1-2H3,(H,14,15)/t10-/m1/s1. The molecule has 0 bridgehead atoms. The van der Waals surface area contributed by atoms with Crippen LogP contribution in [-0.2, 0) is 20.7 Å². The maximum Gasteiger partial charge on any atom is 0.306 e. The maximum absolute atomic E-state index is 11.5. The highest BCUT2D eigenvalue weighted by Gasteiger charge is 2.11. The molecule has 1 heterocycles. The van der Waals surface area contributed by atoms with Gasteiger partial charge in [-0.05, 0) is 26.0 Å². The molecule has 0 unspecified atom stereocenters. The number of esters is 1. The molecule has 0 aliphatic rings. The predicted molar refractivity (Wildman–Crippen MR) is 65.9 cm³/mol. The van der Waals surface area contributed by atoms with Crippen molar-refractivity contribution in [1.82, 2.24) is 5.32 Å². The fraction of sp³-hybridized carbons (Fsp3) is 0.538. The first-order valence-electron chi connectivity index (χ1n) is 6.09. The molecule has 5 nitrogen and oxygen atoms in total. The van der Waals surface area contributed by atoms with Gasteiger partial charge in [0.25, 0.3) is 0 Å². The third-order valence-electron chi connectivity index (χ3n) is 2.36. The molecular weight excluding hydrogens is 234 g/mol. The Morgan fingerprint density at radius 3 is 2.83 bits per heavy atom. The second-order valence-corrected chi connectivity index (χ2v) is 4.06. The van der Waals surface area contributed by atoms with Gasteiger partial charge in [0.05, 0.1) is 19.3 Å². The first-order valence-corrected chi connectivity index (χ1v) is 6.09. The molecule has 0 spiro atoms. The van der Waals surface area contributed by atoms with E-state index in [1.807, 2.05) is 19.1 Å². The number of ether oxygens (including phenoxy) is 1. The number of amides is 1. The normalized spacial score (nSPS) is 11.9. The van der Waals surface area contributed by atoms with E-state index in [-0.39, 0.29) is 30.8 Å². The summed E-state index contributed by atoms with van der Waals surface area (Å²) in [6.45, 7) is 3.98. The molecule has 1 aromatic heterocycles. The number of hydrogen-bond acceptors (Lipinski definition) is 4. The van der Waals surface area contributed by atoms with Crippen molar-refractivity contribution in [3.05, 3.63) is 24.2 Å². The van der Waals surface area contributed by atoms with Crippen LogP contribution in [0.5, 0.6) is 0 Å². The Morgan fingerprint density at radius 2 is 2.22 bits per heavy atom. The lowest BCUT2D eigenvalue weighted by molar-refractivity contribution is -0.144. The van der Waals surface area contributed by atoms with Crippen molar-refractivity contribution in [2.24, 2.45) is 0 Å². The van der Waals surface area contributed by atoms with Gasteiger partial charge in [-0.1, -0.05) is 0 Å². The maximum atomic E-state index is 11.5. The number of carbonyl (C=O) groups is 2. The third-order valence-corrected chi connectivity index (χ3v) is 2.36. The first-order chi connectivity index (χ1) is 8.61. The number of rotatable bonds is 7. The molecule has 0 saturated heterocycles. The fourth-order valence-corrected chi connectivity index (χ4v) is 1.58. The van der Waals surface area contributed by atoms with Crippen LogP contribution in [0, 0.1) is 0 Å². The van der Waals surface area contributed by atoms with Crippen LogP contribution in [0.15, 0.2) is 22.8 Å². The van der Waals surface area contributed by atoms with Gasteiger partial charge in [0.1, 0.15) is 5.76 Å². The minimum absolute atomic E-state index is 0.0224. The Labute approximate surface area is 106 Å². The van der Waals surface area contributed by atoms with Gasteiger partial charge in [-0.2, -0.15) is 0 Å². The summed E-state index contributed by atoms with van der Waals surface area (Å²) in [5.41, 5.74) is 0. The molecule has 0 fully saturated rings. The van der Waals surface area contributed by atoms with Crippen LogP contribution in [0.1, 0.15) is 32.4 Å². The number of carbonyl (C=O) groups excluding carboxylic acids is 2. The van der Waals surface area contributed by atoms with E-state index in [1.165, 1.54) is 0 Å². The molecule has 0 aliphatic carbocycles. The van der Waals surface area contributed by atoms with Crippen LogP contribution < -0.4 is 5.32 Å². The topological polar surface area (TPSA) is 68.5 Å². The van der Waals surface area contributed by atoms with Crippen LogP contribution in [0.25, 0.3) is 0 Å². The minimum Gasteiger partial charge on any atom is -0.469 e. The van der Waals surface area contributed by atoms with Crippen molar-refractivity contribution in [3.8, 4) is 0 Å². The van der Waals surface area contributed by atoms with Gasteiger partial charge in [0.2, 0.25) is 5.91 Å². The average molecular weight is 253 g/mol. The zero-order valence-corrected chi connectivity index (χ0v) is 10.8. The van der Waals surface area contributed by atoms with Gasteiger partial charge in [-0.25, -0.2) is 0 Å². The first kappa shape index (κ1) is 14.3. The second-order valence-electron chi connectivity index (χ2n) is 4.06. The molecule has 5 heteroatoms. The molecule has 18 heavy (non-hydrogen) atoms. The lowest BCUT2D eigenvalue weighted by atomic mass is 10.2. The van der Waals surface area contributed by atoms with E-state index in [4.69, 9.17) is 9.15 Å². The van der Waals surface area contributed by atoms with E-state index in [0.29, 0.717) is 13.0 Å². The smallest absolute Gasteiger partial charge is 0.306 e. The van der Waals surface area contributed by atoms with E-state index >= 15 is 0 Å². The lowest BCUT2D eigenvalue weighted by Crippen LogP contribution is -2.34. The number of nitrogens with one attached hydrogen (secondary N) is 1. The monoisotopic (exact) mass is 253 g/mol. The van der Waals surface area contributed by atoms with E-state index in [9.17, 15) is 9.59 Å². The summed E-state index contributed by atoms with van der Waals surface area (Å²) in [6, 6.07) is 3.65. The highest BCUT2D eigenvalue weighted by atomic mass is 16.5. The van der Waals surface area contributed by atoms with Gasteiger partial charge in [-0.3, -0.25) is 9.59 Å². The Balaban J connectivity index is 2.21. The van der Waals surface area contributed by atoms with Crippen molar-refractivity contribution in [2.75, 3.05) is 6.61 Å². The van der Waals surface area contributed by atoms with Crippen molar-refractivity contribution in [2.45, 2.75) is 39.2 Å². The number of furan rings is 1. The summed E-state index contributed by atoms with van der Waals surface area (Å²) in [4.78, 5) is 22.6. The molecule has 0 aliphatic heterocycles. The summed E-state index contributed by atoms with van der Waals surface area (Å²) in [5, 5.41) is 2.81. The quantitative estimate of drug-likeness (QED) is 0.750. The van der Waals surface area contributed by atoms with Crippen molar-refractivity contribution in [3.63, 3.8) is 0 Å². The largest absolute Gasteiger partial charge is 0.469 e. The van der Waals surface area contributed by atoms with E-state index in [2.05, 4.69) is 5.32 Å². The van der Waals surface area contributed by atoms with E-state index < -0.39 is 0 Å². The van der Waals surface area contributed by atoms with Crippen LogP contribution in [0.2, 0.25) is 0 Å². The fourth-order valence-electron chi connectivity index (χ4n) is 1.58. The number of hydrogen-bond donors (Lipinski definition) is 1. The molecule has 1 rings (SSSR count). The minimum atomic E-state index is -0.341. The summed E-state index contributed by atoms with van der Waals surface area (Å²) in [5.74, 6) is 0.335. The van der Waals surface area contributed by atoms with Gasteiger partial charge in [-0.15, -0.1) is 0 Å². The van der Waals surface area contributed by atoms with Crippen LogP contribution in [0.4, 0.5) is 0 Å². The molecule has 0 radical (unpaired) electrons. The molecule has 1 N–H and O–H groups in total. The van der Waals surface area contributed by atoms with E-state index in [1.54, 1.807) is 13.2 Å². The van der Waals surface area contributed by atoms with Gasteiger partial charge in [0, 0.05) is 18.9 Å². The molecule has 1 aromatic rings. The Bertz CT molecular complexity index is 372. The average Bonchev–Trinajstić information content (AvgIpc) is 2.79. The van der Waals surface area contributed by atoms with Crippen LogP contribution in [0.3, 0.4) is 0 Å². The second kappa shape index (κ2) is 7.53. The van der Waals surface area contributed by atoms with Crippen molar-refractivity contribution in [1.29, 1.82) is 0 Å². The van der Waals surface area contributed by atoms with E-state index in [0.717, 1.165) is 5.76 Å². The zero-order chi connectivity index (χ0) is 13.4. The van der Waals surface area contributed by atoms with Crippen molar-refractivity contribution >= 4 is 11.9 Å². The molecular formula is C13H19NO4. The Morgan fingerprint density at radius 1 is 1.44 bits per heavy atom. The Hall–Kier alpha value is -1.78. The highest BCUT2D eigenvalue weighted by Crippen LogP contribution is 2.04. The Kier molecular flexibility index (Phi) is 5.97. The molecule has 0 saturated carbocycles. The predicted octanol–water partition coefficient (Wildman–Crippen LogP) is 1.67.